The number of aromatic amines is 1. The summed E-state index contributed by atoms with van der Waals surface area (Å²) < 4.78 is 93.5. The van der Waals surface area contributed by atoms with Crippen molar-refractivity contribution in [1.29, 1.82) is 0 Å². The van der Waals surface area contributed by atoms with Gasteiger partial charge in [0.25, 0.3) is 10.0 Å². The van der Waals surface area contributed by atoms with Crippen molar-refractivity contribution < 1.29 is 35.5 Å². The molecule has 3 aromatic heterocycles. The molecule has 4 rings (SSSR count). The Balaban J connectivity index is 1.88. The smallest absolute Gasteiger partial charge is 0.421 e. The monoisotopic (exact) mass is 485 g/mol. The van der Waals surface area contributed by atoms with E-state index in [-0.39, 0.29) is 27.5 Å². The van der Waals surface area contributed by atoms with Crippen LogP contribution in [-0.2, 0) is 16.2 Å². The lowest BCUT2D eigenvalue weighted by Crippen LogP contribution is -2.13. The van der Waals surface area contributed by atoms with Gasteiger partial charge >= 0.3 is 6.18 Å². The number of hydrogen-bond acceptors (Lipinski definition) is 6. The van der Waals surface area contributed by atoms with Gasteiger partial charge in [0.2, 0.25) is 0 Å². The standard InChI is InChI=1S/C19H15F4N5O4S/c1-31-16-5-17-24-8-15(28(17)9-12(16)19(21,22)23)10-3-13(20)18(32-2)14(4-10)27-33(29,30)11-6-25-26-7-11/h3-9,27H,1-2H3,(H,25,26). The zero-order chi connectivity index (χ0) is 24.0. The zero-order valence-corrected chi connectivity index (χ0v) is 17.8. The number of ether oxygens (including phenoxy) is 2. The summed E-state index contributed by atoms with van der Waals surface area (Å²) in [6.07, 6.45) is -0.562. The fraction of sp³-hybridized carbons (Fsp3) is 0.158. The SMILES string of the molecule is COc1cc2ncc(-c3cc(F)c(OC)c(NS(=O)(=O)c4cn[nH]c4)c3)n2cc1C(F)(F)F. The van der Waals surface area contributed by atoms with E-state index in [0.717, 1.165) is 49.3 Å². The third kappa shape index (κ3) is 4.04. The van der Waals surface area contributed by atoms with E-state index < -0.39 is 39.1 Å². The molecule has 3 heterocycles. The van der Waals surface area contributed by atoms with Crippen LogP contribution in [0.4, 0.5) is 23.2 Å². The molecule has 0 aliphatic heterocycles. The van der Waals surface area contributed by atoms with Gasteiger partial charge in [-0.2, -0.15) is 18.3 Å². The number of rotatable bonds is 6. The van der Waals surface area contributed by atoms with Crippen molar-refractivity contribution in [2.75, 3.05) is 18.9 Å². The van der Waals surface area contributed by atoms with Crippen molar-refractivity contribution in [3.63, 3.8) is 0 Å². The van der Waals surface area contributed by atoms with E-state index in [2.05, 4.69) is 19.9 Å². The van der Waals surface area contributed by atoms with Gasteiger partial charge in [0.1, 0.15) is 21.9 Å². The number of aromatic nitrogens is 4. The first-order valence-corrected chi connectivity index (χ1v) is 10.5. The maximum Gasteiger partial charge on any atom is 0.421 e. The number of imidazole rings is 1. The molecule has 0 saturated heterocycles. The second kappa shape index (κ2) is 7.95. The number of alkyl halides is 3. The Hall–Kier alpha value is -3.81. The van der Waals surface area contributed by atoms with Crippen LogP contribution in [0.25, 0.3) is 16.9 Å². The molecule has 0 unspecified atom stereocenters. The Kier molecular flexibility index (Phi) is 5.40. The van der Waals surface area contributed by atoms with E-state index in [4.69, 9.17) is 9.47 Å². The van der Waals surface area contributed by atoms with Crippen LogP contribution in [0.3, 0.4) is 0 Å². The lowest BCUT2D eigenvalue weighted by molar-refractivity contribution is -0.139. The number of sulfonamides is 1. The van der Waals surface area contributed by atoms with Crippen LogP contribution in [-0.4, -0.2) is 42.2 Å². The predicted octanol–water partition coefficient (Wildman–Crippen LogP) is 3.70. The second-order valence-corrected chi connectivity index (χ2v) is 8.39. The third-order valence-electron chi connectivity index (χ3n) is 4.71. The molecule has 2 N–H and O–H groups in total. The lowest BCUT2D eigenvalue weighted by Gasteiger charge is -2.15. The minimum Gasteiger partial charge on any atom is -0.496 e. The Morgan fingerprint density at radius 1 is 1.12 bits per heavy atom. The molecule has 9 nitrogen and oxygen atoms in total. The highest BCUT2D eigenvalue weighted by Gasteiger charge is 2.35. The molecule has 0 radical (unpaired) electrons. The van der Waals surface area contributed by atoms with Crippen LogP contribution < -0.4 is 14.2 Å². The molecule has 0 saturated carbocycles. The van der Waals surface area contributed by atoms with E-state index in [1.54, 1.807) is 0 Å². The Labute approximate surface area is 184 Å². The van der Waals surface area contributed by atoms with E-state index in [1.807, 2.05) is 0 Å². The summed E-state index contributed by atoms with van der Waals surface area (Å²) in [4.78, 5) is 3.84. The van der Waals surface area contributed by atoms with Crippen LogP contribution in [0.2, 0.25) is 0 Å². The Morgan fingerprint density at radius 3 is 2.48 bits per heavy atom. The van der Waals surface area contributed by atoms with Crippen LogP contribution in [0.1, 0.15) is 5.56 Å². The highest BCUT2D eigenvalue weighted by Crippen LogP contribution is 2.39. The molecule has 0 aliphatic rings. The van der Waals surface area contributed by atoms with Crippen LogP contribution in [0.5, 0.6) is 11.5 Å². The molecule has 174 valence electrons. The molecule has 0 fully saturated rings. The second-order valence-electron chi connectivity index (χ2n) is 6.70. The predicted molar refractivity (Wildman–Crippen MR) is 108 cm³/mol. The average Bonchev–Trinajstić information content (AvgIpc) is 3.42. The van der Waals surface area contributed by atoms with Gasteiger partial charge in [-0.05, 0) is 12.1 Å². The summed E-state index contributed by atoms with van der Waals surface area (Å²) in [6, 6.07) is 3.31. The molecule has 14 heteroatoms. The number of benzene rings is 1. The zero-order valence-electron chi connectivity index (χ0n) is 16.9. The van der Waals surface area contributed by atoms with Crippen molar-refractivity contribution in [2.45, 2.75) is 11.1 Å². The summed E-state index contributed by atoms with van der Waals surface area (Å²) in [5.74, 6) is -1.78. The maximum absolute atomic E-state index is 14.8. The van der Waals surface area contributed by atoms with E-state index in [0.29, 0.717) is 0 Å². The van der Waals surface area contributed by atoms with Gasteiger partial charge in [0.05, 0.1) is 38.0 Å². The van der Waals surface area contributed by atoms with Gasteiger partial charge in [-0.1, -0.05) is 0 Å². The molecule has 0 aliphatic carbocycles. The van der Waals surface area contributed by atoms with E-state index >= 15 is 0 Å². The number of pyridine rings is 1. The van der Waals surface area contributed by atoms with Crippen molar-refractivity contribution in [2.24, 2.45) is 0 Å². The first-order valence-electron chi connectivity index (χ1n) is 9.07. The van der Waals surface area contributed by atoms with Gasteiger partial charge in [-0.25, -0.2) is 17.8 Å². The van der Waals surface area contributed by atoms with Gasteiger partial charge < -0.3 is 9.47 Å². The maximum atomic E-state index is 14.8. The van der Waals surface area contributed by atoms with Gasteiger partial charge in [-0.15, -0.1) is 0 Å². The first kappa shape index (κ1) is 22.4. The molecule has 4 aromatic rings. The molecule has 0 atom stereocenters. The summed E-state index contributed by atoms with van der Waals surface area (Å²) in [5, 5.41) is 5.92. The normalized spacial score (nSPS) is 12.2. The van der Waals surface area contributed by atoms with Crippen molar-refractivity contribution in [3.8, 4) is 22.8 Å². The molecular formula is C19H15F4N5O4S. The highest BCUT2D eigenvalue weighted by molar-refractivity contribution is 7.92. The number of hydrogen-bond donors (Lipinski definition) is 2. The largest absolute Gasteiger partial charge is 0.496 e. The third-order valence-corrected chi connectivity index (χ3v) is 6.04. The Bertz CT molecular complexity index is 1430. The highest BCUT2D eigenvalue weighted by atomic mass is 32.2. The van der Waals surface area contributed by atoms with Crippen molar-refractivity contribution in [3.05, 3.63) is 54.4 Å². The number of halogens is 4. The summed E-state index contributed by atoms with van der Waals surface area (Å²) in [5.41, 5.74) is -1.11. The number of H-pyrrole nitrogens is 1. The van der Waals surface area contributed by atoms with E-state index in [9.17, 15) is 26.0 Å². The molecule has 0 bridgehead atoms. The Morgan fingerprint density at radius 2 is 1.88 bits per heavy atom. The molecule has 33 heavy (non-hydrogen) atoms. The van der Waals surface area contributed by atoms with Gasteiger partial charge in [-0.3, -0.25) is 14.2 Å². The van der Waals surface area contributed by atoms with Crippen molar-refractivity contribution >= 4 is 21.4 Å². The molecule has 0 spiro atoms. The number of fused-ring (bicyclic) bond motifs is 1. The summed E-state index contributed by atoms with van der Waals surface area (Å²) in [6.45, 7) is 0. The summed E-state index contributed by atoms with van der Waals surface area (Å²) >= 11 is 0. The van der Waals surface area contributed by atoms with Crippen LogP contribution in [0.15, 0.2) is 47.9 Å². The van der Waals surface area contributed by atoms with Gasteiger partial charge in [0.15, 0.2) is 11.6 Å². The van der Waals surface area contributed by atoms with Crippen LogP contribution >= 0.6 is 0 Å². The van der Waals surface area contributed by atoms with Gasteiger partial charge in [0, 0.05) is 24.0 Å². The quantitative estimate of drug-likeness (QED) is 0.403. The minimum atomic E-state index is -4.72. The molecule has 1 aromatic carbocycles. The molecule has 0 amide bonds. The average molecular weight is 485 g/mol. The first-order chi connectivity index (χ1) is 15.5. The summed E-state index contributed by atoms with van der Waals surface area (Å²) in [7, 11) is -1.92. The minimum absolute atomic E-state index is 0.0454. The molecular weight excluding hydrogens is 470 g/mol. The topological polar surface area (TPSA) is 111 Å². The number of nitrogens with one attached hydrogen (secondary N) is 2. The van der Waals surface area contributed by atoms with Crippen molar-refractivity contribution in [1.82, 2.24) is 19.6 Å². The number of methoxy groups -OCH3 is 2. The van der Waals surface area contributed by atoms with E-state index in [1.165, 1.54) is 12.3 Å². The lowest BCUT2D eigenvalue weighted by atomic mass is 10.1. The fourth-order valence-corrected chi connectivity index (χ4v) is 4.17. The fourth-order valence-electron chi connectivity index (χ4n) is 3.21. The van der Waals surface area contributed by atoms with Crippen LogP contribution in [0, 0.1) is 5.82 Å². The number of anilines is 1. The number of nitrogens with zero attached hydrogens (tertiary/aromatic N) is 3.